The molecule has 0 aliphatic carbocycles. The Hall–Kier alpha value is -3.63. The minimum atomic E-state index is -4.22. The van der Waals surface area contributed by atoms with Crippen molar-refractivity contribution in [3.05, 3.63) is 89.2 Å². The minimum Gasteiger partial charge on any atom is -0.497 e. The first-order valence-electron chi connectivity index (χ1n) is 12.3. The van der Waals surface area contributed by atoms with Gasteiger partial charge in [0.25, 0.3) is 10.0 Å². The van der Waals surface area contributed by atoms with Crippen LogP contribution in [0, 0.1) is 5.82 Å². The summed E-state index contributed by atoms with van der Waals surface area (Å²) in [5.41, 5.74) is 0.805. The molecule has 2 amide bonds. The molecule has 208 valence electrons. The van der Waals surface area contributed by atoms with Crippen LogP contribution in [0.15, 0.2) is 77.7 Å². The van der Waals surface area contributed by atoms with Crippen molar-refractivity contribution in [1.29, 1.82) is 0 Å². The number of methoxy groups -OCH3 is 1. The van der Waals surface area contributed by atoms with Crippen LogP contribution in [0.25, 0.3) is 0 Å². The highest BCUT2D eigenvalue weighted by Gasteiger charge is 2.33. The number of hydrogen-bond acceptors (Lipinski definition) is 5. The van der Waals surface area contributed by atoms with Gasteiger partial charge < -0.3 is 15.0 Å². The molecule has 8 nitrogen and oxygen atoms in total. The fourth-order valence-corrected chi connectivity index (χ4v) is 5.55. The molecule has 3 aromatic carbocycles. The second kappa shape index (κ2) is 13.4. The zero-order valence-corrected chi connectivity index (χ0v) is 23.5. The number of carbonyl (C=O) groups is 2. The summed E-state index contributed by atoms with van der Waals surface area (Å²) >= 11 is 6.04. The molecule has 0 heterocycles. The second-order valence-corrected chi connectivity index (χ2v) is 10.9. The number of carbonyl (C=O) groups excluding carboxylic acids is 2. The quantitative estimate of drug-likeness (QED) is 0.340. The number of halogens is 2. The zero-order chi connectivity index (χ0) is 28.6. The Morgan fingerprint density at radius 2 is 1.59 bits per heavy atom. The van der Waals surface area contributed by atoms with Gasteiger partial charge in [-0.1, -0.05) is 30.7 Å². The van der Waals surface area contributed by atoms with Gasteiger partial charge in [-0.25, -0.2) is 12.8 Å². The van der Waals surface area contributed by atoms with Crippen molar-refractivity contribution in [2.45, 2.75) is 37.8 Å². The summed E-state index contributed by atoms with van der Waals surface area (Å²) in [4.78, 5) is 28.1. The largest absolute Gasteiger partial charge is 0.497 e. The summed E-state index contributed by atoms with van der Waals surface area (Å²) in [6.07, 6.45) is 0.283. The van der Waals surface area contributed by atoms with Crippen molar-refractivity contribution in [1.82, 2.24) is 10.2 Å². The van der Waals surface area contributed by atoms with E-state index in [1.54, 1.807) is 13.8 Å². The van der Waals surface area contributed by atoms with E-state index in [-0.39, 0.29) is 29.5 Å². The van der Waals surface area contributed by atoms with Gasteiger partial charge in [0.05, 0.1) is 17.7 Å². The third-order valence-corrected chi connectivity index (χ3v) is 8.08. The number of ether oxygens (including phenoxy) is 1. The number of benzene rings is 3. The normalized spacial score (nSPS) is 11.9. The summed E-state index contributed by atoms with van der Waals surface area (Å²) in [5.74, 6) is -0.941. The number of anilines is 1. The van der Waals surface area contributed by atoms with Gasteiger partial charge in [0.2, 0.25) is 11.8 Å². The maximum Gasteiger partial charge on any atom is 0.264 e. The minimum absolute atomic E-state index is 0.0220. The van der Waals surface area contributed by atoms with Crippen LogP contribution in [-0.2, 0) is 26.2 Å². The Balaban J connectivity index is 2.04. The third kappa shape index (κ3) is 7.48. The van der Waals surface area contributed by atoms with Gasteiger partial charge in [-0.3, -0.25) is 13.9 Å². The molecule has 0 radical (unpaired) electrons. The van der Waals surface area contributed by atoms with E-state index in [2.05, 4.69) is 5.32 Å². The third-order valence-electron chi connectivity index (χ3n) is 6.04. The molecule has 0 aromatic heterocycles. The van der Waals surface area contributed by atoms with Crippen molar-refractivity contribution in [3.8, 4) is 5.75 Å². The van der Waals surface area contributed by atoms with Crippen LogP contribution in [0.5, 0.6) is 5.75 Å². The van der Waals surface area contributed by atoms with Crippen LogP contribution in [0.4, 0.5) is 10.1 Å². The van der Waals surface area contributed by atoms with E-state index >= 15 is 0 Å². The highest BCUT2D eigenvalue weighted by atomic mass is 35.5. The zero-order valence-electron chi connectivity index (χ0n) is 21.9. The van der Waals surface area contributed by atoms with Crippen molar-refractivity contribution in [2.24, 2.45) is 0 Å². The number of nitrogens with one attached hydrogen (secondary N) is 1. The fraction of sp³-hybridized carbons (Fsp3) is 0.286. The van der Waals surface area contributed by atoms with Crippen molar-refractivity contribution in [3.63, 3.8) is 0 Å². The molecule has 0 aliphatic rings. The van der Waals surface area contributed by atoms with Crippen LogP contribution >= 0.6 is 11.6 Å². The lowest BCUT2D eigenvalue weighted by molar-refractivity contribution is -0.140. The van der Waals surface area contributed by atoms with E-state index in [0.29, 0.717) is 22.9 Å². The molecule has 0 bridgehead atoms. The van der Waals surface area contributed by atoms with Crippen molar-refractivity contribution < 1.29 is 27.1 Å². The predicted octanol–water partition coefficient (Wildman–Crippen LogP) is 4.63. The van der Waals surface area contributed by atoms with Crippen LogP contribution < -0.4 is 14.4 Å². The van der Waals surface area contributed by atoms with Crippen molar-refractivity contribution >= 4 is 39.1 Å². The Bertz CT molecular complexity index is 1370. The molecule has 1 N–H and O–H groups in total. The number of sulfonamides is 1. The molecule has 3 rings (SSSR count). The molecular formula is C28H31ClFN3O5S. The second-order valence-electron chi connectivity index (χ2n) is 8.63. The maximum absolute atomic E-state index is 13.9. The van der Waals surface area contributed by atoms with E-state index in [4.69, 9.17) is 16.3 Å². The monoisotopic (exact) mass is 575 g/mol. The number of nitrogens with zero attached hydrogens (tertiary/aromatic N) is 2. The molecular weight excluding hydrogens is 545 g/mol. The molecule has 0 fully saturated rings. The predicted molar refractivity (Wildman–Crippen MR) is 149 cm³/mol. The molecule has 3 aromatic rings. The number of rotatable bonds is 12. The molecule has 0 spiro atoms. The van der Waals surface area contributed by atoms with Gasteiger partial charge in [0, 0.05) is 18.1 Å². The number of amides is 2. The average Bonchev–Trinajstić information content (AvgIpc) is 2.93. The first kappa shape index (κ1) is 29.9. The van der Waals surface area contributed by atoms with Gasteiger partial charge in [-0.15, -0.1) is 0 Å². The summed E-state index contributed by atoms with van der Waals surface area (Å²) < 4.78 is 47.3. The lowest BCUT2D eigenvalue weighted by Crippen LogP contribution is -2.52. The van der Waals surface area contributed by atoms with E-state index in [1.165, 1.54) is 84.8 Å². The lowest BCUT2D eigenvalue weighted by Gasteiger charge is -2.33. The molecule has 0 saturated heterocycles. The van der Waals surface area contributed by atoms with Gasteiger partial charge in [0.15, 0.2) is 0 Å². The summed E-state index contributed by atoms with van der Waals surface area (Å²) in [7, 11) is -2.76. The topological polar surface area (TPSA) is 96.0 Å². The number of likely N-dealkylation sites (N-methyl/N-ethyl adjacent to an activating group) is 1. The van der Waals surface area contributed by atoms with Crippen LogP contribution in [0.1, 0.15) is 25.8 Å². The van der Waals surface area contributed by atoms with Gasteiger partial charge in [-0.2, -0.15) is 0 Å². The van der Waals surface area contributed by atoms with Gasteiger partial charge in [0.1, 0.15) is 24.2 Å². The molecule has 0 unspecified atom stereocenters. The summed E-state index contributed by atoms with van der Waals surface area (Å²) in [5, 5.41) is 3.13. The first-order chi connectivity index (χ1) is 18.6. The van der Waals surface area contributed by atoms with E-state index in [9.17, 15) is 22.4 Å². The molecule has 1 atom stereocenters. The highest BCUT2D eigenvalue weighted by Crippen LogP contribution is 2.27. The molecule has 0 saturated carbocycles. The van der Waals surface area contributed by atoms with Crippen LogP contribution in [-0.4, -0.2) is 51.4 Å². The van der Waals surface area contributed by atoms with E-state index in [1.807, 2.05) is 0 Å². The Kier molecular flexibility index (Phi) is 10.3. The van der Waals surface area contributed by atoms with E-state index < -0.39 is 34.3 Å². The van der Waals surface area contributed by atoms with E-state index in [0.717, 1.165) is 4.31 Å². The van der Waals surface area contributed by atoms with Gasteiger partial charge >= 0.3 is 0 Å². The first-order valence-corrected chi connectivity index (χ1v) is 14.2. The lowest BCUT2D eigenvalue weighted by atomic mass is 10.1. The Morgan fingerprint density at radius 1 is 0.974 bits per heavy atom. The standard InChI is InChI=1S/C28H31ClFN3O5S/c1-4-26(28(35)31-5-2)32(18-20-6-10-22(30)11-7-20)27(34)19-33(23-12-8-21(29)9-13-23)39(36,37)25-16-14-24(38-3)15-17-25/h6-17,26H,4-5,18-19H2,1-3H3,(H,31,35)/t26-/m1/s1. The molecule has 39 heavy (non-hydrogen) atoms. The molecule has 0 aliphatic heterocycles. The summed E-state index contributed by atoms with van der Waals surface area (Å²) in [6.45, 7) is 3.27. The highest BCUT2D eigenvalue weighted by molar-refractivity contribution is 7.92. The van der Waals surface area contributed by atoms with Crippen molar-refractivity contribution in [2.75, 3.05) is 24.5 Å². The summed E-state index contributed by atoms with van der Waals surface area (Å²) in [6, 6.07) is 16.5. The van der Waals surface area contributed by atoms with Gasteiger partial charge in [-0.05, 0) is 79.6 Å². The number of hydrogen-bond donors (Lipinski definition) is 1. The SMILES string of the molecule is CCNC(=O)[C@@H](CC)N(Cc1ccc(F)cc1)C(=O)CN(c1ccc(Cl)cc1)S(=O)(=O)c1ccc(OC)cc1. The maximum atomic E-state index is 13.9. The Labute approximate surface area is 233 Å². The smallest absolute Gasteiger partial charge is 0.264 e. The molecule has 11 heteroatoms. The van der Waals surface area contributed by atoms with Crippen LogP contribution in [0.3, 0.4) is 0 Å². The Morgan fingerprint density at radius 3 is 2.13 bits per heavy atom. The average molecular weight is 576 g/mol. The van der Waals surface area contributed by atoms with Crippen LogP contribution in [0.2, 0.25) is 5.02 Å². The fourth-order valence-electron chi connectivity index (χ4n) is 4.01.